The Hall–Kier alpha value is -2.37. The highest BCUT2D eigenvalue weighted by molar-refractivity contribution is 5.88. The van der Waals surface area contributed by atoms with Crippen LogP contribution in [0.15, 0.2) is 24.3 Å². The van der Waals surface area contributed by atoms with Gasteiger partial charge in [-0.25, -0.2) is 0 Å². The van der Waals surface area contributed by atoms with Gasteiger partial charge in [-0.3, -0.25) is 14.4 Å². The van der Waals surface area contributed by atoms with Gasteiger partial charge in [-0.1, -0.05) is 25.0 Å². The highest BCUT2D eigenvalue weighted by Crippen LogP contribution is 2.18. The lowest BCUT2D eigenvalue weighted by Crippen LogP contribution is -2.41. The molecule has 1 aromatic rings. The molecule has 0 aromatic heterocycles. The van der Waals surface area contributed by atoms with Gasteiger partial charge in [0.15, 0.2) is 6.10 Å². The first kappa shape index (κ1) is 18.0. The van der Waals surface area contributed by atoms with Gasteiger partial charge in [-0.2, -0.15) is 0 Å². The third kappa shape index (κ3) is 5.68. The molecule has 130 valence electrons. The topological polar surface area (TPSA) is 84.5 Å². The number of nitrogens with one attached hydrogen (secondary N) is 2. The number of carbonyl (C=O) groups excluding carboxylic acids is 3. The second-order valence-corrected chi connectivity index (χ2v) is 6.18. The second kappa shape index (κ2) is 8.47. The molecule has 0 radical (unpaired) electrons. The van der Waals surface area contributed by atoms with Crippen molar-refractivity contribution in [2.75, 3.05) is 5.32 Å². The number of rotatable bonds is 6. The Balaban J connectivity index is 1.79. The maximum atomic E-state index is 12.0. The molecule has 1 aromatic carbocycles. The van der Waals surface area contributed by atoms with Crippen LogP contribution in [0.25, 0.3) is 0 Å². The van der Waals surface area contributed by atoms with Crippen LogP contribution in [-0.2, 0) is 25.5 Å². The van der Waals surface area contributed by atoms with Crippen molar-refractivity contribution >= 4 is 23.5 Å². The SMILES string of the molecule is CC(=O)Nc1ccc(CC(=O)O[C@@H](C)C(=O)NC2CCCC2)cc1. The lowest BCUT2D eigenvalue weighted by molar-refractivity contribution is -0.154. The van der Waals surface area contributed by atoms with E-state index in [0.29, 0.717) is 5.69 Å². The Kier molecular flexibility index (Phi) is 6.35. The average molecular weight is 332 g/mol. The molecule has 2 amide bonds. The maximum Gasteiger partial charge on any atom is 0.311 e. The first-order valence-electron chi connectivity index (χ1n) is 8.30. The summed E-state index contributed by atoms with van der Waals surface area (Å²) in [4.78, 5) is 34.9. The molecule has 24 heavy (non-hydrogen) atoms. The van der Waals surface area contributed by atoms with Crippen molar-refractivity contribution in [1.29, 1.82) is 0 Å². The van der Waals surface area contributed by atoms with Crippen LogP contribution < -0.4 is 10.6 Å². The minimum absolute atomic E-state index is 0.0847. The van der Waals surface area contributed by atoms with Crippen LogP contribution in [0.5, 0.6) is 0 Å². The normalized spacial score (nSPS) is 15.6. The van der Waals surface area contributed by atoms with Crippen molar-refractivity contribution in [3.05, 3.63) is 29.8 Å². The third-order valence-corrected chi connectivity index (χ3v) is 4.00. The fraction of sp³-hybridized carbons (Fsp3) is 0.500. The number of amides is 2. The van der Waals surface area contributed by atoms with Crippen molar-refractivity contribution in [3.63, 3.8) is 0 Å². The third-order valence-electron chi connectivity index (χ3n) is 4.00. The molecule has 1 aliphatic rings. The predicted octanol–water partition coefficient (Wildman–Crippen LogP) is 2.18. The van der Waals surface area contributed by atoms with Gasteiger partial charge in [0.05, 0.1) is 6.42 Å². The fourth-order valence-corrected chi connectivity index (χ4v) is 2.76. The summed E-state index contributed by atoms with van der Waals surface area (Å²) < 4.78 is 5.20. The largest absolute Gasteiger partial charge is 0.452 e. The van der Waals surface area contributed by atoms with Gasteiger partial charge in [-0.05, 0) is 37.5 Å². The highest BCUT2D eigenvalue weighted by Gasteiger charge is 2.23. The number of hydrogen-bond donors (Lipinski definition) is 2. The number of esters is 1. The lowest BCUT2D eigenvalue weighted by atomic mass is 10.1. The van der Waals surface area contributed by atoms with Crippen molar-refractivity contribution < 1.29 is 19.1 Å². The summed E-state index contributed by atoms with van der Waals surface area (Å²) in [7, 11) is 0. The van der Waals surface area contributed by atoms with Crippen LogP contribution in [0, 0.1) is 0 Å². The molecular weight excluding hydrogens is 308 g/mol. The van der Waals surface area contributed by atoms with Crippen LogP contribution in [0.2, 0.25) is 0 Å². The van der Waals surface area contributed by atoms with E-state index >= 15 is 0 Å². The second-order valence-electron chi connectivity index (χ2n) is 6.18. The van der Waals surface area contributed by atoms with Gasteiger partial charge in [0.2, 0.25) is 5.91 Å². The molecule has 2 N–H and O–H groups in total. The highest BCUT2D eigenvalue weighted by atomic mass is 16.5. The number of benzene rings is 1. The zero-order chi connectivity index (χ0) is 17.5. The van der Waals surface area contributed by atoms with Crippen LogP contribution in [-0.4, -0.2) is 29.9 Å². The quantitative estimate of drug-likeness (QED) is 0.782. The smallest absolute Gasteiger partial charge is 0.311 e. The Morgan fingerprint density at radius 3 is 2.38 bits per heavy atom. The Morgan fingerprint density at radius 1 is 1.17 bits per heavy atom. The van der Waals surface area contributed by atoms with Crippen molar-refractivity contribution in [1.82, 2.24) is 5.32 Å². The molecular formula is C18H24N2O4. The Bertz CT molecular complexity index is 592. The van der Waals surface area contributed by atoms with Crippen molar-refractivity contribution in [2.45, 2.75) is 58.1 Å². The zero-order valence-electron chi connectivity index (χ0n) is 14.1. The molecule has 2 rings (SSSR count). The standard InChI is InChI=1S/C18H24N2O4/c1-12(18(23)20-15-5-3-4-6-15)24-17(22)11-14-7-9-16(10-8-14)19-13(2)21/h7-10,12,15H,3-6,11H2,1-2H3,(H,19,21)(H,20,23)/t12-/m0/s1. The lowest BCUT2D eigenvalue weighted by Gasteiger charge is -2.17. The van der Waals surface area contributed by atoms with Gasteiger partial charge in [0.1, 0.15) is 0 Å². The first-order valence-corrected chi connectivity index (χ1v) is 8.30. The molecule has 1 fully saturated rings. The molecule has 6 heteroatoms. The molecule has 6 nitrogen and oxygen atoms in total. The maximum absolute atomic E-state index is 12.0. The summed E-state index contributed by atoms with van der Waals surface area (Å²) in [5, 5.41) is 5.58. The summed E-state index contributed by atoms with van der Waals surface area (Å²) in [5.41, 5.74) is 1.43. The van der Waals surface area contributed by atoms with E-state index in [-0.39, 0.29) is 24.3 Å². The molecule has 1 aliphatic carbocycles. The van der Waals surface area contributed by atoms with E-state index in [1.165, 1.54) is 6.92 Å². The number of ether oxygens (including phenoxy) is 1. The summed E-state index contributed by atoms with van der Waals surface area (Å²) in [5.74, 6) is -0.836. The Labute approximate surface area is 142 Å². The van der Waals surface area contributed by atoms with Gasteiger partial charge in [0, 0.05) is 18.7 Å². The van der Waals surface area contributed by atoms with E-state index in [4.69, 9.17) is 4.74 Å². The summed E-state index contributed by atoms with van der Waals surface area (Å²) >= 11 is 0. The van der Waals surface area contributed by atoms with Crippen LogP contribution in [0.3, 0.4) is 0 Å². The minimum Gasteiger partial charge on any atom is -0.452 e. The zero-order valence-corrected chi connectivity index (χ0v) is 14.1. The molecule has 0 heterocycles. The van der Waals surface area contributed by atoms with Gasteiger partial charge in [-0.15, -0.1) is 0 Å². The predicted molar refractivity (Wildman–Crippen MR) is 90.4 cm³/mol. The number of carbonyl (C=O) groups is 3. The molecule has 0 saturated heterocycles. The monoisotopic (exact) mass is 332 g/mol. The molecule has 0 bridgehead atoms. The van der Waals surface area contributed by atoms with Gasteiger partial charge >= 0.3 is 5.97 Å². The minimum atomic E-state index is -0.795. The van der Waals surface area contributed by atoms with E-state index in [1.54, 1.807) is 31.2 Å². The van der Waals surface area contributed by atoms with Gasteiger partial charge in [0.25, 0.3) is 5.91 Å². The average Bonchev–Trinajstić information content (AvgIpc) is 3.01. The first-order chi connectivity index (χ1) is 11.4. The van der Waals surface area contributed by atoms with E-state index < -0.39 is 12.1 Å². The molecule has 1 saturated carbocycles. The van der Waals surface area contributed by atoms with Crippen molar-refractivity contribution in [2.24, 2.45) is 0 Å². The van der Waals surface area contributed by atoms with Gasteiger partial charge < -0.3 is 15.4 Å². The number of anilines is 1. The van der Waals surface area contributed by atoms with E-state index in [9.17, 15) is 14.4 Å². The molecule has 1 atom stereocenters. The van der Waals surface area contributed by atoms with Crippen molar-refractivity contribution in [3.8, 4) is 0 Å². The fourth-order valence-electron chi connectivity index (χ4n) is 2.76. The Morgan fingerprint density at radius 2 is 1.79 bits per heavy atom. The van der Waals surface area contributed by atoms with Crippen LogP contribution in [0.4, 0.5) is 5.69 Å². The summed E-state index contributed by atoms with van der Waals surface area (Å²) in [6, 6.07) is 7.14. The molecule has 0 aliphatic heterocycles. The molecule has 0 spiro atoms. The summed E-state index contributed by atoms with van der Waals surface area (Å²) in [6.45, 7) is 3.02. The van der Waals surface area contributed by atoms with E-state index in [0.717, 1.165) is 31.2 Å². The van der Waals surface area contributed by atoms with E-state index in [2.05, 4.69) is 10.6 Å². The van der Waals surface area contributed by atoms with Crippen LogP contribution >= 0.6 is 0 Å². The number of hydrogen-bond acceptors (Lipinski definition) is 4. The molecule has 0 unspecified atom stereocenters. The van der Waals surface area contributed by atoms with E-state index in [1.807, 2.05) is 0 Å². The summed E-state index contributed by atoms with van der Waals surface area (Å²) in [6.07, 6.45) is 3.54. The van der Waals surface area contributed by atoms with Crippen LogP contribution in [0.1, 0.15) is 45.1 Å².